The lowest BCUT2D eigenvalue weighted by Crippen LogP contribution is -2.37. The Hall–Kier alpha value is -0.970. The normalized spacial score (nSPS) is 24.3. The van der Waals surface area contributed by atoms with Crippen LogP contribution in [-0.2, 0) is 0 Å². The first-order chi connectivity index (χ1) is 7.81. The van der Waals surface area contributed by atoms with Gasteiger partial charge >= 0.3 is 0 Å². The Bertz CT molecular complexity index is 358. The molecule has 1 aromatic heterocycles. The molecule has 5 heteroatoms. The molecule has 0 bridgehead atoms. The van der Waals surface area contributed by atoms with E-state index in [1.54, 1.807) is 6.07 Å². The van der Waals surface area contributed by atoms with E-state index in [2.05, 4.69) is 31.4 Å². The Morgan fingerprint density at radius 3 is 3.06 bits per heavy atom. The second-order valence-electron chi connectivity index (χ2n) is 4.06. The lowest BCUT2D eigenvalue weighted by atomic mass is 10.1. The molecule has 0 spiro atoms. The highest BCUT2D eigenvalue weighted by atomic mass is 79.9. The maximum Gasteiger partial charge on any atom is 0.253 e. The maximum absolute atomic E-state index is 11.9. The minimum absolute atomic E-state index is 0.0484. The maximum atomic E-state index is 11.9. The fourth-order valence-electron chi connectivity index (χ4n) is 2.09. The van der Waals surface area contributed by atoms with Gasteiger partial charge in [-0.25, -0.2) is 0 Å². The number of rotatable bonds is 3. The van der Waals surface area contributed by atoms with Crippen LogP contribution in [0.1, 0.15) is 29.6 Å². The van der Waals surface area contributed by atoms with Crippen LogP contribution < -0.4 is 5.32 Å². The van der Waals surface area contributed by atoms with Gasteiger partial charge in [0.2, 0.25) is 0 Å². The van der Waals surface area contributed by atoms with E-state index < -0.39 is 0 Å². The van der Waals surface area contributed by atoms with Crippen LogP contribution in [0.3, 0.4) is 0 Å². The van der Waals surface area contributed by atoms with Gasteiger partial charge in [0.05, 0.1) is 18.0 Å². The zero-order chi connectivity index (χ0) is 11.4. The number of hydrogen-bond acceptors (Lipinski definition) is 3. The third kappa shape index (κ3) is 2.58. The zero-order valence-corrected chi connectivity index (χ0v) is 10.5. The number of aromatic nitrogens is 2. The number of alkyl halides is 1. The summed E-state index contributed by atoms with van der Waals surface area (Å²) in [5.41, 5.74) is 0.579. The summed E-state index contributed by atoms with van der Waals surface area (Å²) in [6.07, 6.45) is 6.47. The minimum atomic E-state index is -0.0484. The third-order valence-electron chi connectivity index (χ3n) is 3.02. The predicted molar refractivity (Wildman–Crippen MR) is 64.4 cm³/mol. The van der Waals surface area contributed by atoms with Crippen molar-refractivity contribution in [1.82, 2.24) is 15.5 Å². The number of carbonyl (C=O) groups excluding carboxylic acids is 1. The van der Waals surface area contributed by atoms with Crippen LogP contribution in [0.2, 0.25) is 0 Å². The monoisotopic (exact) mass is 283 g/mol. The van der Waals surface area contributed by atoms with Crippen LogP contribution in [0.4, 0.5) is 0 Å². The van der Waals surface area contributed by atoms with Gasteiger partial charge in [0.25, 0.3) is 5.91 Å². The minimum Gasteiger partial charge on any atom is -0.349 e. The molecule has 2 rings (SSSR count). The molecule has 0 saturated heterocycles. The highest BCUT2D eigenvalue weighted by molar-refractivity contribution is 9.09. The van der Waals surface area contributed by atoms with Crippen LogP contribution in [0.15, 0.2) is 18.5 Å². The predicted octanol–water partition coefficient (Wildman–Crippen LogP) is 1.77. The first-order valence-corrected chi connectivity index (χ1v) is 6.57. The van der Waals surface area contributed by atoms with Crippen LogP contribution in [-0.4, -0.2) is 27.5 Å². The molecule has 2 atom stereocenters. The largest absolute Gasteiger partial charge is 0.349 e. The Morgan fingerprint density at radius 2 is 2.38 bits per heavy atom. The highest BCUT2D eigenvalue weighted by Gasteiger charge is 2.27. The molecule has 0 aliphatic heterocycles. The standard InChI is InChI=1S/C11H14BrN3O/c12-6-8-2-1-3-10(8)15-11(16)9-4-5-13-14-7-9/h4-5,7-8,10H,1-3,6H2,(H,15,16). The Balaban J connectivity index is 1.97. The van der Waals surface area contributed by atoms with Gasteiger partial charge in [-0.2, -0.15) is 10.2 Å². The van der Waals surface area contributed by atoms with Gasteiger partial charge < -0.3 is 5.32 Å². The smallest absolute Gasteiger partial charge is 0.253 e. The summed E-state index contributed by atoms with van der Waals surface area (Å²) in [5.74, 6) is 0.506. The number of carbonyl (C=O) groups is 1. The molecule has 1 amide bonds. The lowest BCUT2D eigenvalue weighted by Gasteiger charge is -2.18. The average molecular weight is 284 g/mol. The number of amides is 1. The first-order valence-electron chi connectivity index (χ1n) is 5.45. The number of nitrogens with one attached hydrogen (secondary N) is 1. The first kappa shape index (κ1) is 11.5. The fourth-order valence-corrected chi connectivity index (χ4v) is 2.86. The molecule has 4 nitrogen and oxygen atoms in total. The topological polar surface area (TPSA) is 54.9 Å². The number of halogens is 1. The van der Waals surface area contributed by atoms with Crippen LogP contribution in [0, 0.1) is 5.92 Å². The van der Waals surface area contributed by atoms with E-state index in [-0.39, 0.29) is 5.91 Å². The fraction of sp³-hybridized carbons (Fsp3) is 0.545. The Morgan fingerprint density at radius 1 is 1.50 bits per heavy atom. The molecule has 86 valence electrons. The van der Waals surface area contributed by atoms with Crippen molar-refractivity contribution in [2.75, 3.05) is 5.33 Å². The molecule has 2 unspecified atom stereocenters. The van der Waals surface area contributed by atoms with Gasteiger partial charge in [-0.3, -0.25) is 4.79 Å². The summed E-state index contributed by atoms with van der Waals surface area (Å²) in [5, 5.41) is 11.4. The van der Waals surface area contributed by atoms with Crippen molar-refractivity contribution in [2.45, 2.75) is 25.3 Å². The van der Waals surface area contributed by atoms with Crippen molar-refractivity contribution in [3.63, 3.8) is 0 Å². The molecule has 1 aliphatic rings. The second-order valence-corrected chi connectivity index (χ2v) is 4.70. The molecular formula is C11H14BrN3O. The van der Waals surface area contributed by atoms with Crippen LogP contribution in [0.25, 0.3) is 0 Å². The van der Waals surface area contributed by atoms with Crippen LogP contribution >= 0.6 is 15.9 Å². The summed E-state index contributed by atoms with van der Waals surface area (Å²) >= 11 is 3.49. The summed E-state index contributed by atoms with van der Waals surface area (Å²) in [6, 6.07) is 1.97. The SMILES string of the molecule is O=C(NC1CCCC1CBr)c1ccnnc1. The quantitative estimate of drug-likeness (QED) is 0.861. The molecule has 1 aromatic rings. The number of nitrogens with zero attached hydrogens (tertiary/aromatic N) is 2. The van der Waals surface area contributed by atoms with E-state index >= 15 is 0 Å². The molecule has 1 N–H and O–H groups in total. The molecule has 1 saturated carbocycles. The summed E-state index contributed by atoms with van der Waals surface area (Å²) in [4.78, 5) is 11.9. The van der Waals surface area contributed by atoms with Crippen molar-refractivity contribution in [3.8, 4) is 0 Å². The van der Waals surface area contributed by atoms with Crippen LogP contribution in [0.5, 0.6) is 0 Å². The van der Waals surface area contributed by atoms with E-state index in [4.69, 9.17) is 0 Å². The van der Waals surface area contributed by atoms with E-state index in [9.17, 15) is 4.79 Å². The van der Waals surface area contributed by atoms with Gasteiger partial charge in [-0.05, 0) is 24.8 Å². The molecule has 1 fully saturated rings. The molecule has 16 heavy (non-hydrogen) atoms. The van der Waals surface area contributed by atoms with E-state index in [0.717, 1.165) is 11.8 Å². The van der Waals surface area contributed by atoms with E-state index in [0.29, 0.717) is 17.5 Å². The molecule has 0 radical (unpaired) electrons. The second kappa shape index (κ2) is 5.39. The van der Waals surface area contributed by atoms with Gasteiger partial charge in [0.15, 0.2) is 0 Å². The lowest BCUT2D eigenvalue weighted by molar-refractivity contribution is 0.0929. The van der Waals surface area contributed by atoms with Crippen molar-refractivity contribution in [3.05, 3.63) is 24.0 Å². The van der Waals surface area contributed by atoms with Gasteiger partial charge in [-0.1, -0.05) is 22.4 Å². The van der Waals surface area contributed by atoms with Gasteiger partial charge in [-0.15, -0.1) is 0 Å². The van der Waals surface area contributed by atoms with Gasteiger partial charge in [0, 0.05) is 11.4 Å². The van der Waals surface area contributed by atoms with Crippen molar-refractivity contribution >= 4 is 21.8 Å². The van der Waals surface area contributed by atoms with Crippen molar-refractivity contribution < 1.29 is 4.79 Å². The highest BCUT2D eigenvalue weighted by Crippen LogP contribution is 2.27. The Kier molecular flexibility index (Phi) is 3.88. The molecule has 0 aromatic carbocycles. The van der Waals surface area contributed by atoms with Gasteiger partial charge in [0.1, 0.15) is 0 Å². The average Bonchev–Trinajstić information content (AvgIpc) is 2.77. The molecule has 1 aliphatic carbocycles. The molecular weight excluding hydrogens is 270 g/mol. The van der Waals surface area contributed by atoms with E-state index in [1.165, 1.54) is 25.2 Å². The van der Waals surface area contributed by atoms with Crippen molar-refractivity contribution in [1.29, 1.82) is 0 Å². The molecule has 1 heterocycles. The summed E-state index contributed by atoms with van der Waals surface area (Å²) < 4.78 is 0. The Labute approximate surface area is 103 Å². The summed E-state index contributed by atoms with van der Waals surface area (Å²) in [6.45, 7) is 0. The van der Waals surface area contributed by atoms with Crippen molar-refractivity contribution in [2.24, 2.45) is 5.92 Å². The number of hydrogen-bond donors (Lipinski definition) is 1. The third-order valence-corrected chi connectivity index (χ3v) is 3.85. The summed E-state index contributed by atoms with van der Waals surface area (Å²) in [7, 11) is 0. The van der Waals surface area contributed by atoms with E-state index in [1.807, 2.05) is 0 Å². The zero-order valence-electron chi connectivity index (χ0n) is 8.90.